The summed E-state index contributed by atoms with van der Waals surface area (Å²) in [5, 5.41) is 16.2. The smallest absolute Gasteiger partial charge is 0.410 e. The van der Waals surface area contributed by atoms with Crippen molar-refractivity contribution >= 4 is 35.2 Å². The van der Waals surface area contributed by atoms with Crippen LogP contribution in [0.3, 0.4) is 0 Å². The summed E-state index contributed by atoms with van der Waals surface area (Å²) in [5.41, 5.74) is 2.38. The zero-order chi connectivity index (χ0) is 30.3. The number of halogens is 1. The van der Waals surface area contributed by atoms with E-state index in [2.05, 4.69) is 23.5 Å². The Morgan fingerprint density at radius 1 is 1.05 bits per heavy atom. The first-order valence-corrected chi connectivity index (χ1v) is 14.0. The molecule has 1 N–H and O–H groups in total. The fraction of sp³-hybridized carbons (Fsp3) is 0.467. The molecule has 0 aromatic heterocycles. The molecule has 3 amide bonds. The standard InChI is InChI=1S/C30H39ClN6O4/c1-21(2)36(29(40)41-30(3,4)5)13-14-37(26-15-22(16-32)11-12-25(26)31)28(39)18-33-17-27(38)34(6)35-19-23-9-7-8-10-24(23)20-35/h7-12,15,21,33H,13-14,17-20H2,1-6H3. The maximum Gasteiger partial charge on any atom is 0.410 e. The number of nitriles is 1. The molecule has 0 bridgehead atoms. The second-order valence-electron chi connectivity index (χ2n) is 11.2. The molecule has 2 aromatic rings. The summed E-state index contributed by atoms with van der Waals surface area (Å²) in [6.07, 6.45) is -0.493. The van der Waals surface area contributed by atoms with Gasteiger partial charge in [-0.1, -0.05) is 35.9 Å². The van der Waals surface area contributed by atoms with Gasteiger partial charge in [0.25, 0.3) is 5.91 Å². The minimum Gasteiger partial charge on any atom is -0.444 e. The Kier molecular flexibility index (Phi) is 10.7. The summed E-state index contributed by atoms with van der Waals surface area (Å²) in [6.45, 7) is 10.5. The van der Waals surface area contributed by atoms with Crippen LogP contribution in [-0.4, -0.2) is 77.7 Å². The molecule has 0 unspecified atom stereocenters. The summed E-state index contributed by atoms with van der Waals surface area (Å²) < 4.78 is 5.55. The van der Waals surface area contributed by atoms with Crippen LogP contribution in [0.5, 0.6) is 0 Å². The summed E-state index contributed by atoms with van der Waals surface area (Å²) in [6, 6.07) is 14.6. The van der Waals surface area contributed by atoms with Crippen LogP contribution in [0.1, 0.15) is 51.3 Å². The maximum absolute atomic E-state index is 13.5. The van der Waals surface area contributed by atoms with Gasteiger partial charge in [-0.25, -0.2) is 9.80 Å². The van der Waals surface area contributed by atoms with Gasteiger partial charge in [-0.05, 0) is 63.9 Å². The second-order valence-corrected chi connectivity index (χ2v) is 11.6. The van der Waals surface area contributed by atoms with Crippen molar-refractivity contribution in [2.24, 2.45) is 0 Å². The van der Waals surface area contributed by atoms with Crippen molar-refractivity contribution in [2.45, 2.75) is 59.4 Å². The predicted molar refractivity (Wildman–Crippen MR) is 158 cm³/mol. The number of ether oxygens (including phenoxy) is 1. The normalized spacial score (nSPS) is 13.0. The van der Waals surface area contributed by atoms with Crippen molar-refractivity contribution in [1.82, 2.24) is 20.2 Å². The van der Waals surface area contributed by atoms with Gasteiger partial charge in [-0.3, -0.25) is 19.9 Å². The zero-order valence-electron chi connectivity index (χ0n) is 24.6. The van der Waals surface area contributed by atoms with Gasteiger partial charge < -0.3 is 14.5 Å². The topological polar surface area (TPSA) is 109 Å². The van der Waals surface area contributed by atoms with Gasteiger partial charge in [0.1, 0.15) is 5.60 Å². The fourth-order valence-corrected chi connectivity index (χ4v) is 4.65. The number of nitrogens with one attached hydrogen (secondary N) is 1. The molecule has 1 aliphatic heterocycles. The lowest BCUT2D eigenvalue weighted by molar-refractivity contribution is -0.145. The number of carbonyl (C=O) groups excluding carboxylic acids is 3. The van der Waals surface area contributed by atoms with Crippen LogP contribution in [-0.2, 0) is 27.4 Å². The highest BCUT2D eigenvalue weighted by atomic mass is 35.5. The molecular formula is C30H39ClN6O4. The number of anilines is 1. The minimum absolute atomic E-state index is 0.0507. The van der Waals surface area contributed by atoms with Crippen molar-refractivity contribution in [2.75, 3.05) is 38.1 Å². The quantitative estimate of drug-likeness (QED) is 0.448. The maximum atomic E-state index is 13.5. The Morgan fingerprint density at radius 3 is 2.22 bits per heavy atom. The molecule has 0 fully saturated rings. The molecule has 3 rings (SSSR count). The lowest BCUT2D eigenvalue weighted by Crippen LogP contribution is -2.49. The third kappa shape index (κ3) is 8.67. The molecule has 10 nitrogen and oxygen atoms in total. The minimum atomic E-state index is -0.675. The molecule has 0 aliphatic carbocycles. The van der Waals surface area contributed by atoms with E-state index in [4.69, 9.17) is 16.3 Å². The highest BCUT2D eigenvalue weighted by molar-refractivity contribution is 6.33. The Balaban J connectivity index is 1.68. The summed E-state index contributed by atoms with van der Waals surface area (Å²) in [5.74, 6) is -0.545. The monoisotopic (exact) mass is 582 g/mol. The van der Waals surface area contributed by atoms with Crippen molar-refractivity contribution in [3.05, 3.63) is 64.2 Å². The summed E-state index contributed by atoms with van der Waals surface area (Å²) >= 11 is 6.46. The number of hydrazine groups is 1. The third-order valence-electron chi connectivity index (χ3n) is 6.64. The Morgan fingerprint density at radius 2 is 1.66 bits per heavy atom. The van der Waals surface area contributed by atoms with Gasteiger partial charge >= 0.3 is 6.09 Å². The largest absolute Gasteiger partial charge is 0.444 e. The molecule has 41 heavy (non-hydrogen) atoms. The first-order valence-electron chi connectivity index (χ1n) is 13.6. The molecule has 0 saturated heterocycles. The molecule has 0 spiro atoms. The Hall–Kier alpha value is -3.65. The van der Waals surface area contributed by atoms with Gasteiger partial charge in [0, 0.05) is 39.3 Å². The molecule has 1 heterocycles. The molecule has 220 valence electrons. The van der Waals surface area contributed by atoms with Crippen molar-refractivity contribution < 1.29 is 19.1 Å². The molecule has 0 radical (unpaired) electrons. The SMILES string of the molecule is CC(C)N(CCN(C(=O)CNCC(=O)N(C)N1Cc2ccccc2C1)c1cc(C#N)ccc1Cl)C(=O)OC(C)(C)C. The van der Waals surface area contributed by atoms with Crippen LogP contribution >= 0.6 is 11.6 Å². The number of hydrogen-bond donors (Lipinski definition) is 1. The van der Waals surface area contributed by atoms with Gasteiger partial charge in [0.15, 0.2) is 0 Å². The van der Waals surface area contributed by atoms with E-state index in [9.17, 15) is 19.6 Å². The molecular weight excluding hydrogens is 544 g/mol. The number of nitrogens with zero attached hydrogens (tertiary/aromatic N) is 5. The number of fused-ring (bicyclic) bond motifs is 1. The lowest BCUT2D eigenvalue weighted by atomic mass is 10.1. The first-order chi connectivity index (χ1) is 19.3. The highest BCUT2D eigenvalue weighted by Gasteiger charge is 2.28. The average molecular weight is 583 g/mol. The van der Waals surface area contributed by atoms with E-state index in [1.165, 1.54) is 27.0 Å². The van der Waals surface area contributed by atoms with Gasteiger partial charge in [-0.2, -0.15) is 5.26 Å². The molecule has 0 saturated carbocycles. The van der Waals surface area contributed by atoms with Crippen LogP contribution < -0.4 is 10.2 Å². The molecule has 1 aliphatic rings. The van der Waals surface area contributed by atoms with Crippen LogP contribution in [0.15, 0.2) is 42.5 Å². The van der Waals surface area contributed by atoms with E-state index in [1.807, 2.05) is 31.0 Å². The van der Waals surface area contributed by atoms with Crippen LogP contribution in [0.25, 0.3) is 0 Å². The van der Waals surface area contributed by atoms with Crippen molar-refractivity contribution in [1.29, 1.82) is 5.26 Å². The van der Waals surface area contributed by atoms with Crippen LogP contribution in [0.4, 0.5) is 10.5 Å². The number of hydrogen-bond acceptors (Lipinski definition) is 7. The average Bonchev–Trinajstić information content (AvgIpc) is 3.34. The van der Waals surface area contributed by atoms with Gasteiger partial charge in [-0.15, -0.1) is 0 Å². The van der Waals surface area contributed by atoms with Crippen LogP contribution in [0, 0.1) is 11.3 Å². The van der Waals surface area contributed by atoms with E-state index in [1.54, 1.807) is 45.0 Å². The second kappa shape index (κ2) is 13.8. The fourth-order valence-electron chi connectivity index (χ4n) is 4.43. The van der Waals surface area contributed by atoms with Crippen molar-refractivity contribution in [3.63, 3.8) is 0 Å². The van der Waals surface area contributed by atoms with E-state index >= 15 is 0 Å². The molecule has 0 atom stereocenters. The third-order valence-corrected chi connectivity index (χ3v) is 6.96. The Bertz CT molecular complexity index is 1280. The predicted octanol–water partition coefficient (Wildman–Crippen LogP) is 4.17. The molecule has 2 aromatic carbocycles. The number of benzene rings is 2. The number of amides is 3. The zero-order valence-corrected chi connectivity index (χ0v) is 25.4. The number of rotatable bonds is 10. The lowest BCUT2D eigenvalue weighted by Gasteiger charge is -2.32. The van der Waals surface area contributed by atoms with E-state index in [0.29, 0.717) is 24.3 Å². The summed E-state index contributed by atoms with van der Waals surface area (Å²) in [7, 11) is 1.72. The molecule has 11 heteroatoms. The summed E-state index contributed by atoms with van der Waals surface area (Å²) in [4.78, 5) is 42.2. The first kappa shape index (κ1) is 31.9. The highest BCUT2D eigenvalue weighted by Crippen LogP contribution is 2.27. The van der Waals surface area contributed by atoms with Crippen LogP contribution in [0.2, 0.25) is 5.02 Å². The van der Waals surface area contributed by atoms with Gasteiger partial charge in [0.05, 0.1) is 35.4 Å². The van der Waals surface area contributed by atoms with E-state index < -0.39 is 11.7 Å². The van der Waals surface area contributed by atoms with E-state index in [0.717, 1.165) is 0 Å². The van der Waals surface area contributed by atoms with E-state index in [-0.39, 0.29) is 49.1 Å². The number of likely N-dealkylation sites (N-methyl/N-ethyl adjacent to an activating group) is 1. The van der Waals surface area contributed by atoms with Gasteiger partial charge in [0.2, 0.25) is 5.91 Å². The van der Waals surface area contributed by atoms with Crippen molar-refractivity contribution in [3.8, 4) is 6.07 Å². The number of carbonyl (C=O) groups is 3. The Labute approximate surface area is 247 Å².